The van der Waals surface area contributed by atoms with Crippen LogP contribution in [-0.4, -0.2) is 46.0 Å². The fraction of sp³-hybridized carbons (Fsp3) is 0.375. The Morgan fingerprint density at radius 1 is 1.15 bits per heavy atom. The van der Waals surface area contributed by atoms with Crippen molar-refractivity contribution in [2.75, 3.05) is 17.7 Å². The number of nitrogens with zero attached hydrogens (tertiary/aromatic N) is 3. The van der Waals surface area contributed by atoms with Crippen LogP contribution in [0, 0.1) is 11.6 Å². The summed E-state index contributed by atoms with van der Waals surface area (Å²) in [4.78, 5) is 22.6. The number of anilines is 3. The number of carbonyl (C=O) groups is 1. The number of ether oxygens (including phenoxy) is 1. The number of methoxy groups -OCH3 is 1. The van der Waals surface area contributed by atoms with E-state index in [1.807, 2.05) is 11.0 Å². The largest absolute Gasteiger partial charge is 0.495 e. The van der Waals surface area contributed by atoms with E-state index in [0.717, 1.165) is 37.4 Å². The van der Waals surface area contributed by atoms with Crippen molar-refractivity contribution in [3.05, 3.63) is 47.2 Å². The van der Waals surface area contributed by atoms with Crippen molar-refractivity contribution in [1.29, 1.82) is 0 Å². The summed E-state index contributed by atoms with van der Waals surface area (Å²) in [6.45, 7) is 1.64. The number of halogens is 3. The number of fused-ring (bicyclic) bond motifs is 3. The fourth-order valence-electron chi connectivity index (χ4n) is 5.24. The molecule has 5 rings (SSSR count). The van der Waals surface area contributed by atoms with Gasteiger partial charge in [-0.3, -0.25) is 4.79 Å². The van der Waals surface area contributed by atoms with Gasteiger partial charge in [-0.25, -0.2) is 18.7 Å². The highest BCUT2D eigenvalue weighted by Crippen LogP contribution is 2.39. The maximum atomic E-state index is 14.5. The van der Waals surface area contributed by atoms with E-state index in [-0.39, 0.29) is 29.7 Å². The van der Waals surface area contributed by atoms with Crippen LogP contribution in [0.3, 0.4) is 0 Å². The molecule has 0 spiro atoms. The summed E-state index contributed by atoms with van der Waals surface area (Å²) in [5.74, 6) is -0.625. The Balaban J connectivity index is 1.46. The first-order chi connectivity index (χ1) is 16.4. The second kappa shape index (κ2) is 8.87. The Morgan fingerprint density at radius 3 is 2.56 bits per heavy atom. The van der Waals surface area contributed by atoms with Gasteiger partial charge in [-0.2, -0.15) is 0 Å². The summed E-state index contributed by atoms with van der Waals surface area (Å²) in [7, 11) is 1.59. The molecular formula is C24H24ClF2N5O2. The van der Waals surface area contributed by atoms with Crippen molar-refractivity contribution in [1.82, 2.24) is 14.9 Å². The smallest absolute Gasteiger partial charge is 0.219 e. The van der Waals surface area contributed by atoms with Crippen LogP contribution >= 0.6 is 11.6 Å². The molecule has 2 fully saturated rings. The normalized spacial score (nSPS) is 21.6. The van der Waals surface area contributed by atoms with E-state index in [0.29, 0.717) is 22.5 Å². The molecule has 7 nitrogen and oxygen atoms in total. The van der Waals surface area contributed by atoms with E-state index < -0.39 is 16.7 Å². The van der Waals surface area contributed by atoms with E-state index in [1.165, 1.54) is 12.4 Å². The quantitative estimate of drug-likeness (QED) is 0.477. The van der Waals surface area contributed by atoms with Crippen molar-refractivity contribution in [2.45, 2.75) is 50.7 Å². The first-order valence-electron chi connectivity index (χ1n) is 11.1. The lowest BCUT2D eigenvalue weighted by Gasteiger charge is -2.39. The number of rotatable bonds is 5. The molecule has 3 heterocycles. The lowest BCUT2D eigenvalue weighted by molar-refractivity contribution is -0.133. The van der Waals surface area contributed by atoms with Gasteiger partial charge in [-0.1, -0.05) is 11.6 Å². The zero-order chi connectivity index (χ0) is 24.0. The standard InChI is InChI=1S/C24H24ClF2N5O2/c1-12(33)32-14-3-4-15(32)8-13(7-14)30-20-9-16-19(10-21(20)34-2)28-11-29-24(16)31-18-6-5-17(26)22(25)23(18)27/h5-6,9-11,13-15,30H,3-4,7-8H2,1-2H3,(H,28,29,31). The third kappa shape index (κ3) is 3.98. The SMILES string of the molecule is COc1cc2ncnc(Nc3ccc(F)c(Cl)c3F)c2cc1NC1CC2CCC(C1)N2C(C)=O. The predicted octanol–water partition coefficient (Wildman–Crippen LogP) is 5.27. The molecule has 1 aromatic heterocycles. The van der Waals surface area contributed by atoms with Gasteiger partial charge in [0.05, 0.1) is 24.0 Å². The molecule has 2 aromatic carbocycles. The van der Waals surface area contributed by atoms with Crippen molar-refractivity contribution in [3.8, 4) is 5.75 Å². The van der Waals surface area contributed by atoms with Gasteiger partial charge in [0.1, 0.15) is 28.7 Å². The highest BCUT2D eigenvalue weighted by atomic mass is 35.5. The zero-order valence-corrected chi connectivity index (χ0v) is 19.5. The molecule has 1 amide bonds. The van der Waals surface area contributed by atoms with E-state index >= 15 is 0 Å². The van der Waals surface area contributed by atoms with Crippen LogP contribution < -0.4 is 15.4 Å². The Labute approximate surface area is 200 Å². The summed E-state index contributed by atoms with van der Waals surface area (Å²) in [5, 5.41) is 6.53. The van der Waals surface area contributed by atoms with Crippen LogP contribution in [0.1, 0.15) is 32.6 Å². The maximum absolute atomic E-state index is 14.5. The average molecular weight is 488 g/mol. The lowest BCUT2D eigenvalue weighted by atomic mass is 9.96. The molecule has 0 saturated carbocycles. The lowest BCUT2D eigenvalue weighted by Crippen LogP contribution is -2.48. The number of aromatic nitrogens is 2. The molecule has 3 aromatic rings. The molecule has 2 aliphatic heterocycles. The number of amides is 1. The zero-order valence-electron chi connectivity index (χ0n) is 18.7. The van der Waals surface area contributed by atoms with Gasteiger partial charge in [0, 0.05) is 36.5 Å². The Hall–Kier alpha value is -3.20. The van der Waals surface area contributed by atoms with Gasteiger partial charge < -0.3 is 20.3 Å². The number of carbonyl (C=O) groups excluding carboxylic acids is 1. The number of hydrogen-bond acceptors (Lipinski definition) is 6. The molecule has 2 atom stereocenters. The Bertz CT molecular complexity index is 1260. The van der Waals surface area contributed by atoms with E-state index in [2.05, 4.69) is 20.6 Å². The molecule has 2 aliphatic rings. The molecule has 34 heavy (non-hydrogen) atoms. The summed E-state index contributed by atoms with van der Waals surface area (Å²) >= 11 is 5.73. The third-order valence-electron chi connectivity index (χ3n) is 6.70. The molecule has 0 aliphatic carbocycles. The Kier molecular flexibility index (Phi) is 5.89. The van der Waals surface area contributed by atoms with Crippen LogP contribution in [0.15, 0.2) is 30.6 Å². The number of benzene rings is 2. The molecule has 2 unspecified atom stereocenters. The van der Waals surface area contributed by atoms with Crippen LogP contribution in [0.4, 0.5) is 26.0 Å². The molecule has 2 N–H and O–H groups in total. The first kappa shape index (κ1) is 22.6. The molecular weight excluding hydrogens is 464 g/mol. The maximum Gasteiger partial charge on any atom is 0.219 e. The monoisotopic (exact) mass is 487 g/mol. The van der Waals surface area contributed by atoms with Crippen LogP contribution in [0.5, 0.6) is 5.75 Å². The molecule has 2 saturated heterocycles. The van der Waals surface area contributed by atoms with Crippen LogP contribution in [0.25, 0.3) is 10.9 Å². The van der Waals surface area contributed by atoms with Crippen LogP contribution in [0.2, 0.25) is 5.02 Å². The molecule has 0 radical (unpaired) electrons. The van der Waals surface area contributed by atoms with E-state index in [1.54, 1.807) is 20.1 Å². The van der Waals surface area contributed by atoms with Gasteiger partial charge in [0.2, 0.25) is 5.91 Å². The highest BCUT2D eigenvalue weighted by molar-refractivity contribution is 6.31. The van der Waals surface area contributed by atoms with Gasteiger partial charge in [0.25, 0.3) is 0 Å². The van der Waals surface area contributed by atoms with Gasteiger partial charge in [-0.05, 0) is 43.9 Å². The second-order valence-corrected chi connectivity index (χ2v) is 9.14. The van der Waals surface area contributed by atoms with Gasteiger partial charge in [0.15, 0.2) is 5.82 Å². The molecule has 10 heteroatoms. The second-order valence-electron chi connectivity index (χ2n) is 8.76. The van der Waals surface area contributed by atoms with Gasteiger partial charge in [-0.15, -0.1) is 0 Å². The van der Waals surface area contributed by atoms with Crippen molar-refractivity contribution in [3.63, 3.8) is 0 Å². The Morgan fingerprint density at radius 2 is 1.88 bits per heavy atom. The number of hydrogen-bond donors (Lipinski definition) is 2. The van der Waals surface area contributed by atoms with Crippen LogP contribution in [-0.2, 0) is 4.79 Å². The highest BCUT2D eigenvalue weighted by Gasteiger charge is 2.42. The minimum Gasteiger partial charge on any atom is -0.495 e. The summed E-state index contributed by atoms with van der Waals surface area (Å²) in [6.07, 6.45) is 5.10. The number of nitrogens with one attached hydrogen (secondary N) is 2. The number of piperidine rings is 1. The topological polar surface area (TPSA) is 79.4 Å². The first-order valence-corrected chi connectivity index (χ1v) is 11.5. The molecule has 178 valence electrons. The van der Waals surface area contributed by atoms with Crippen molar-refractivity contribution in [2.24, 2.45) is 0 Å². The minimum atomic E-state index is -0.895. The minimum absolute atomic E-state index is 0.00454. The van der Waals surface area contributed by atoms with Gasteiger partial charge >= 0.3 is 0 Å². The van der Waals surface area contributed by atoms with Crippen molar-refractivity contribution >= 4 is 45.6 Å². The van der Waals surface area contributed by atoms with Crippen molar-refractivity contribution < 1.29 is 18.3 Å². The van der Waals surface area contributed by atoms with E-state index in [4.69, 9.17) is 16.3 Å². The predicted molar refractivity (Wildman–Crippen MR) is 127 cm³/mol. The third-order valence-corrected chi connectivity index (χ3v) is 7.05. The summed E-state index contributed by atoms with van der Waals surface area (Å²) < 4.78 is 33.7. The fourth-order valence-corrected chi connectivity index (χ4v) is 5.41. The average Bonchev–Trinajstić information content (AvgIpc) is 3.10. The molecule has 2 bridgehead atoms. The summed E-state index contributed by atoms with van der Waals surface area (Å²) in [6, 6.07) is 6.67. The van der Waals surface area contributed by atoms with E-state index in [9.17, 15) is 13.6 Å². The summed E-state index contributed by atoms with van der Waals surface area (Å²) in [5.41, 5.74) is 1.36.